The minimum atomic E-state index is -1.32. The Morgan fingerprint density at radius 2 is 1.61 bits per heavy atom. The number of hydrogen-bond acceptors (Lipinski definition) is 4. The third-order valence-electron chi connectivity index (χ3n) is 5.42. The highest BCUT2D eigenvalue weighted by Gasteiger charge is 2.29. The quantitative estimate of drug-likeness (QED) is 0.552. The molecule has 0 spiro atoms. The molecule has 2 N–H and O–H groups in total. The number of aliphatic carboxylic acids is 1. The van der Waals surface area contributed by atoms with Crippen molar-refractivity contribution < 1.29 is 19.4 Å². The molecular formula is C26H31N3O4. The molecule has 0 saturated heterocycles. The second kappa shape index (κ2) is 9.10. The molecule has 7 heteroatoms. The molecule has 0 unspecified atom stereocenters. The first-order valence-electron chi connectivity index (χ1n) is 10.8. The van der Waals surface area contributed by atoms with Crippen LogP contribution in [0.3, 0.4) is 0 Å². The van der Waals surface area contributed by atoms with Crippen LogP contribution in [0.5, 0.6) is 5.75 Å². The number of amides is 1. The lowest BCUT2D eigenvalue weighted by Crippen LogP contribution is -2.37. The van der Waals surface area contributed by atoms with Gasteiger partial charge in [-0.2, -0.15) is 5.10 Å². The molecule has 2 aromatic carbocycles. The zero-order valence-corrected chi connectivity index (χ0v) is 20.0. The lowest BCUT2D eigenvalue weighted by atomic mass is 9.86. The molecule has 0 bridgehead atoms. The second-order valence-electron chi connectivity index (χ2n) is 9.61. The first-order chi connectivity index (χ1) is 15.4. The standard InChI is InChI=1S/C26H31N3O4/c1-25(2,3)19-11-9-18(10-12-19)22-15-21(28-29(22)6)23(30)27-16-17-7-13-20(14-8-17)33-26(4,5)24(31)32/h7-15H,16H2,1-6H3,(H,27,30)(H,31,32). The van der Waals surface area contributed by atoms with Gasteiger partial charge in [-0.3, -0.25) is 9.48 Å². The van der Waals surface area contributed by atoms with Gasteiger partial charge in [0.15, 0.2) is 11.3 Å². The number of carboxylic acids is 1. The predicted molar refractivity (Wildman–Crippen MR) is 127 cm³/mol. The van der Waals surface area contributed by atoms with Crippen LogP contribution in [0.15, 0.2) is 54.6 Å². The van der Waals surface area contributed by atoms with Gasteiger partial charge >= 0.3 is 5.97 Å². The van der Waals surface area contributed by atoms with Gasteiger partial charge in [0.2, 0.25) is 0 Å². The van der Waals surface area contributed by atoms with Gasteiger partial charge < -0.3 is 15.2 Å². The van der Waals surface area contributed by atoms with E-state index in [1.165, 1.54) is 19.4 Å². The molecule has 1 amide bonds. The van der Waals surface area contributed by atoms with Crippen molar-refractivity contribution in [1.82, 2.24) is 15.1 Å². The number of aryl methyl sites for hydroxylation is 1. The third-order valence-corrected chi connectivity index (χ3v) is 5.42. The van der Waals surface area contributed by atoms with E-state index >= 15 is 0 Å². The van der Waals surface area contributed by atoms with Crippen molar-refractivity contribution in [2.45, 2.75) is 52.2 Å². The van der Waals surface area contributed by atoms with Crippen molar-refractivity contribution in [2.24, 2.45) is 7.05 Å². The summed E-state index contributed by atoms with van der Waals surface area (Å²) in [5.74, 6) is -0.862. The highest BCUT2D eigenvalue weighted by atomic mass is 16.5. The Morgan fingerprint density at radius 3 is 2.15 bits per heavy atom. The topological polar surface area (TPSA) is 93.5 Å². The summed E-state index contributed by atoms with van der Waals surface area (Å²) in [4.78, 5) is 23.8. The van der Waals surface area contributed by atoms with Gasteiger partial charge in [-0.15, -0.1) is 0 Å². The van der Waals surface area contributed by atoms with E-state index in [0.29, 0.717) is 18.0 Å². The minimum Gasteiger partial charge on any atom is -0.478 e. The lowest BCUT2D eigenvalue weighted by molar-refractivity contribution is -0.152. The van der Waals surface area contributed by atoms with E-state index in [1.807, 2.05) is 7.05 Å². The van der Waals surface area contributed by atoms with Crippen molar-refractivity contribution >= 4 is 11.9 Å². The van der Waals surface area contributed by atoms with Crippen molar-refractivity contribution in [3.8, 4) is 17.0 Å². The van der Waals surface area contributed by atoms with E-state index in [-0.39, 0.29) is 11.3 Å². The fraction of sp³-hybridized carbons (Fsp3) is 0.346. The van der Waals surface area contributed by atoms with Crippen LogP contribution >= 0.6 is 0 Å². The van der Waals surface area contributed by atoms with Gasteiger partial charge in [-0.05, 0) is 54.2 Å². The maximum absolute atomic E-state index is 12.7. The minimum absolute atomic E-state index is 0.0762. The maximum Gasteiger partial charge on any atom is 0.347 e. The summed E-state index contributed by atoms with van der Waals surface area (Å²) in [6.07, 6.45) is 0. The Labute approximate surface area is 194 Å². The van der Waals surface area contributed by atoms with Gasteiger partial charge in [0.25, 0.3) is 5.91 Å². The van der Waals surface area contributed by atoms with Crippen LogP contribution in [0.4, 0.5) is 0 Å². The molecule has 33 heavy (non-hydrogen) atoms. The van der Waals surface area contributed by atoms with Gasteiger partial charge in [0, 0.05) is 13.6 Å². The normalized spacial score (nSPS) is 11.8. The molecule has 7 nitrogen and oxygen atoms in total. The number of ether oxygens (including phenoxy) is 1. The zero-order chi connectivity index (χ0) is 24.4. The Morgan fingerprint density at radius 1 is 1.00 bits per heavy atom. The summed E-state index contributed by atoms with van der Waals surface area (Å²) in [7, 11) is 1.82. The smallest absolute Gasteiger partial charge is 0.347 e. The number of hydrogen-bond donors (Lipinski definition) is 2. The SMILES string of the molecule is Cn1nc(C(=O)NCc2ccc(OC(C)(C)C(=O)O)cc2)cc1-c1ccc(C(C)(C)C)cc1. The van der Waals surface area contributed by atoms with Crippen LogP contribution < -0.4 is 10.1 Å². The van der Waals surface area contributed by atoms with Gasteiger partial charge in [-0.1, -0.05) is 57.2 Å². The average Bonchev–Trinajstić information content (AvgIpc) is 3.14. The first kappa shape index (κ1) is 24.0. The van der Waals surface area contributed by atoms with Gasteiger partial charge in [0.1, 0.15) is 5.75 Å². The summed E-state index contributed by atoms with van der Waals surface area (Å²) in [5, 5.41) is 16.4. The summed E-state index contributed by atoms with van der Waals surface area (Å²) in [6.45, 7) is 9.81. The van der Waals surface area contributed by atoms with Gasteiger partial charge in [-0.25, -0.2) is 4.79 Å². The lowest BCUT2D eigenvalue weighted by Gasteiger charge is -2.21. The van der Waals surface area contributed by atoms with E-state index in [0.717, 1.165) is 16.8 Å². The summed E-state index contributed by atoms with van der Waals surface area (Å²) in [5.41, 5.74) is 3.06. The highest BCUT2D eigenvalue weighted by Crippen LogP contribution is 2.26. The summed E-state index contributed by atoms with van der Waals surface area (Å²) in [6, 6.07) is 17.0. The molecular weight excluding hydrogens is 418 g/mol. The molecule has 174 valence electrons. The monoisotopic (exact) mass is 449 g/mol. The van der Waals surface area contributed by atoms with E-state index in [4.69, 9.17) is 9.84 Å². The molecule has 3 aromatic rings. The van der Waals surface area contributed by atoms with Crippen molar-refractivity contribution in [3.63, 3.8) is 0 Å². The fourth-order valence-electron chi connectivity index (χ4n) is 3.28. The van der Waals surface area contributed by atoms with Crippen LogP contribution in [0.1, 0.15) is 56.2 Å². The number of carboxylic acid groups (broad SMARTS) is 1. The molecule has 0 aliphatic carbocycles. The van der Waals surface area contributed by atoms with Crippen LogP contribution in [0.2, 0.25) is 0 Å². The number of nitrogens with zero attached hydrogens (tertiary/aromatic N) is 2. The van der Waals surface area contributed by atoms with E-state index in [1.54, 1.807) is 35.0 Å². The highest BCUT2D eigenvalue weighted by molar-refractivity contribution is 5.93. The Hall–Kier alpha value is -3.61. The maximum atomic E-state index is 12.7. The number of carbonyl (C=O) groups excluding carboxylic acids is 1. The Balaban J connectivity index is 1.64. The van der Waals surface area contributed by atoms with Crippen molar-refractivity contribution in [2.75, 3.05) is 0 Å². The molecule has 0 saturated carbocycles. The number of nitrogens with one attached hydrogen (secondary N) is 1. The largest absolute Gasteiger partial charge is 0.478 e. The van der Waals surface area contributed by atoms with Gasteiger partial charge in [0.05, 0.1) is 5.69 Å². The number of aromatic nitrogens is 2. The number of carbonyl (C=O) groups is 2. The van der Waals surface area contributed by atoms with Crippen molar-refractivity contribution in [1.29, 1.82) is 0 Å². The fourth-order valence-corrected chi connectivity index (χ4v) is 3.28. The summed E-state index contributed by atoms with van der Waals surface area (Å²) < 4.78 is 7.20. The molecule has 0 aliphatic heterocycles. The average molecular weight is 450 g/mol. The van der Waals surface area contributed by atoms with Crippen LogP contribution in [0.25, 0.3) is 11.3 Å². The van der Waals surface area contributed by atoms with E-state index in [2.05, 4.69) is 55.5 Å². The molecule has 0 aliphatic rings. The molecule has 1 heterocycles. The Kier molecular flexibility index (Phi) is 6.63. The molecule has 0 radical (unpaired) electrons. The first-order valence-corrected chi connectivity index (χ1v) is 10.8. The third kappa shape index (κ3) is 5.80. The van der Waals surface area contributed by atoms with Crippen LogP contribution in [-0.4, -0.2) is 32.4 Å². The molecule has 3 rings (SSSR count). The van der Waals surface area contributed by atoms with Crippen LogP contribution in [0, 0.1) is 0 Å². The zero-order valence-electron chi connectivity index (χ0n) is 20.0. The Bertz CT molecular complexity index is 1140. The molecule has 1 aromatic heterocycles. The number of rotatable bonds is 7. The van der Waals surface area contributed by atoms with Crippen molar-refractivity contribution in [3.05, 3.63) is 71.4 Å². The van der Waals surface area contributed by atoms with E-state index in [9.17, 15) is 9.59 Å². The molecule has 0 fully saturated rings. The van der Waals surface area contributed by atoms with E-state index < -0.39 is 11.6 Å². The second-order valence-corrected chi connectivity index (χ2v) is 9.61. The predicted octanol–water partition coefficient (Wildman–Crippen LogP) is 4.56. The molecule has 0 atom stereocenters. The van der Waals surface area contributed by atoms with Crippen LogP contribution in [-0.2, 0) is 23.8 Å². The summed E-state index contributed by atoms with van der Waals surface area (Å²) >= 11 is 0. The number of benzene rings is 2.